The minimum Gasteiger partial charge on any atom is -0.382 e. The minimum absolute atomic E-state index is 0.388. The van der Waals surface area contributed by atoms with Crippen LogP contribution < -0.4 is 5.32 Å². The zero-order chi connectivity index (χ0) is 13.2. The summed E-state index contributed by atoms with van der Waals surface area (Å²) in [6, 6.07) is 7.62. The molecule has 1 aliphatic rings. The third-order valence-electron chi connectivity index (χ3n) is 3.80. The molecule has 0 saturated heterocycles. The Bertz CT molecular complexity index is 510. The standard InChI is InChI=1S/C14H21NO2S/c1-3-11-6-4-9-14(11)15-12-7-5-8-13(10-12)18(2,16)17/h5,7-8,10-11,14-15H,3-4,6,9H2,1-2H3. The first-order chi connectivity index (χ1) is 8.50. The predicted octanol–water partition coefficient (Wildman–Crippen LogP) is 3.08. The summed E-state index contributed by atoms with van der Waals surface area (Å²) in [6.45, 7) is 2.22. The van der Waals surface area contributed by atoms with E-state index in [4.69, 9.17) is 0 Å². The third kappa shape index (κ3) is 3.05. The summed E-state index contributed by atoms with van der Waals surface area (Å²) in [5, 5.41) is 3.49. The van der Waals surface area contributed by atoms with Crippen molar-refractivity contribution in [1.29, 1.82) is 0 Å². The van der Waals surface area contributed by atoms with Gasteiger partial charge in [0.05, 0.1) is 4.90 Å². The first-order valence-corrected chi connectivity index (χ1v) is 8.46. The Morgan fingerprint density at radius 3 is 2.78 bits per heavy atom. The van der Waals surface area contributed by atoms with Gasteiger partial charge in [-0.3, -0.25) is 0 Å². The van der Waals surface area contributed by atoms with E-state index in [0.717, 1.165) is 5.69 Å². The number of hydrogen-bond acceptors (Lipinski definition) is 3. The van der Waals surface area contributed by atoms with E-state index in [1.807, 2.05) is 6.07 Å². The average Bonchev–Trinajstić information content (AvgIpc) is 2.75. The second-order valence-electron chi connectivity index (χ2n) is 5.15. The van der Waals surface area contributed by atoms with E-state index in [-0.39, 0.29) is 0 Å². The number of hydrogen-bond donors (Lipinski definition) is 1. The van der Waals surface area contributed by atoms with Crippen LogP contribution in [-0.4, -0.2) is 20.7 Å². The number of anilines is 1. The Morgan fingerprint density at radius 1 is 1.33 bits per heavy atom. The number of benzene rings is 1. The highest BCUT2D eigenvalue weighted by Gasteiger charge is 2.25. The van der Waals surface area contributed by atoms with E-state index in [0.29, 0.717) is 16.9 Å². The molecular formula is C14H21NO2S. The van der Waals surface area contributed by atoms with Crippen LogP contribution in [0, 0.1) is 5.92 Å². The molecule has 0 radical (unpaired) electrons. The maximum Gasteiger partial charge on any atom is 0.175 e. The van der Waals surface area contributed by atoms with Gasteiger partial charge in [0.25, 0.3) is 0 Å². The van der Waals surface area contributed by atoms with E-state index in [2.05, 4.69) is 12.2 Å². The lowest BCUT2D eigenvalue weighted by Crippen LogP contribution is -2.23. The lowest BCUT2D eigenvalue weighted by Gasteiger charge is -2.21. The van der Waals surface area contributed by atoms with Gasteiger partial charge >= 0.3 is 0 Å². The number of sulfone groups is 1. The highest BCUT2D eigenvalue weighted by molar-refractivity contribution is 7.90. The highest BCUT2D eigenvalue weighted by atomic mass is 32.2. The topological polar surface area (TPSA) is 46.2 Å². The summed E-state index contributed by atoms with van der Waals surface area (Å²) in [4.78, 5) is 0.388. The van der Waals surface area contributed by atoms with Gasteiger partial charge < -0.3 is 5.32 Å². The van der Waals surface area contributed by atoms with Gasteiger partial charge in [-0.15, -0.1) is 0 Å². The van der Waals surface area contributed by atoms with Crippen molar-refractivity contribution >= 4 is 15.5 Å². The van der Waals surface area contributed by atoms with E-state index in [9.17, 15) is 8.42 Å². The van der Waals surface area contributed by atoms with E-state index < -0.39 is 9.84 Å². The molecule has 2 atom stereocenters. The van der Waals surface area contributed by atoms with Crippen LogP contribution in [0.25, 0.3) is 0 Å². The third-order valence-corrected chi connectivity index (χ3v) is 4.91. The van der Waals surface area contributed by atoms with Gasteiger partial charge in [0.1, 0.15) is 0 Å². The SMILES string of the molecule is CCC1CCCC1Nc1cccc(S(C)(=O)=O)c1. The molecule has 0 heterocycles. The fourth-order valence-corrected chi connectivity index (χ4v) is 3.41. The minimum atomic E-state index is -3.12. The van der Waals surface area contributed by atoms with Crippen LogP contribution in [0.15, 0.2) is 29.2 Å². The second kappa shape index (κ2) is 5.31. The highest BCUT2D eigenvalue weighted by Crippen LogP contribution is 2.31. The van der Waals surface area contributed by atoms with Crippen LogP contribution in [0.1, 0.15) is 32.6 Å². The molecule has 1 aromatic rings. The van der Waals surface area contributed by atoms with Crippen molar-refractivity contribution in [2.45, 2.75) is 43.5 Å². The molecule has 18 heavy (non-hydrogen) atoms. The summed E-state index contributed by atoms with van der Waals surface area (Å²) >= 11 is 0. The Labute approximate surface area is 110 Å². The fourth-order valence-electron chi connectivity index (χ4n) is 2.75. The smallest absolute Gasteiger partial charge is 0.175 e. The molecule has 1 aliphatic carbocycles. The van der Waals surface area contributed by atoms with E-state index in [1.54, 1.807) is 18.2 Å². The van der Waals surface area contributed by atoms with Crippen molar-refractivity contribution in [3.63, 3.8) is 0 Å². The van der Waals surface area contributed by atoms with Crippen LogP contribution in [0.3, 0.4) is 0 Å². The second-order valence-corrected chi connectivity index (χ2v) is 7.17. The molecule has 4 heteroatoms. The monoisotopic (exact) mass is 267 g/mol. The van der Waals surface area contributed by atoms with Crippen molar-refractivity contribution in [2.75, 3.05) is 11.6 Å². The first-order valence-electron chi connectivity index (χ1n) is 6.57. The van der Waals surface area contributed by atoms with E-state index in [1.165, 1.54) is 31.9 Å². The summed E-state index contributed by atoms with van der Waals surface area (Å²) < 4.78 is 23.0. The quantitative estimate of drug-likeness (QED) is 0.912. The van der Waals surface area contributed by atoms with Crippen molar-refractivity contribution < 1.29 is 8.42 Å². The molecule has 3 nitrogen and oxygen atoms in total. The van der Waals surface area contributed by atoms with Gasteiger partial charge in [-0.05, 0) is 37.0 Å². The molecule has 0 bridgehead atoms. The molecule has 0 aromatic heterocycles. The Kier molecular flexibility index (Phi) is 3.95. The fraction of sp³-hybridized carbons (Fsp3) is 0.571. The van der Waals surface area contributed by atoms with Gasteiger partial charge in [-0.25, -0.2) is 8.42 Å². The first kappa shape index (κ1) is 13.4. The zero-order valence-corrected chi connectivity index (χ0v) is 11.8. The molecule has 1 N–H and O–H groups in total. The Balaban J connectivity index is 2.15. The van der Waals surface area contributed by atoms with Crippen LogP contribution in [0.4, 0.5) is 5.69 Å². The summed E-state index contributed by atoms with van der Waals surface area (Å²) in [5.74, 6) is 0.715. The van der Waals surface area contributed by atoms with Gasteiger partial charge in [-0.1, -0.05) is 25.8 Å². The molecule has 2 rings (SSSR count). The van der Waals surface area contributed by atoms with Crippen molar-refractivity contribution in [3.8, 4) is 0 Å². The van der Waals surface area contributed by atoms with Crippen molar-refractivity contribution in [1.82, 2.24) is 0 Å². The molecule has 100 valence electrons. The molecule has 2 unspecified atom stereocenters. The van der Waals surface area contributed by atoms with Crippen LogP contribution in [0.2, 0.25) is 0 Å². The maximum absolute atomic E-state index is 11.5. The molecule has 1 aromatic carbocycles. The molecule has 0 spiro atoms. The van der Waals surface area contributed by atoms with Gasteiger partial charge in [0, 0.05) is 18.0 Å². The lowest BCUT2D eigenvalue weighted by molar-refractivity contribution is 0.489. The summed E-state index contributed by atoms with van der Waals surface area (Å²) in [7, 11) is -3.12. The van der Waals surface area contributed by atoms with E-state index >= 15 is 0 Å². The number of rotatable bonds is 4. The van der Waals surface area contributed by atoms with Gasteiger partial charge in [0.2, 0.25) is 0 Å². The predicted molar refractivity (Wildman–Crippen MR) is 74.6 cm³/mol. The van der Waals surface area contributed by atoms with Gasteiger partial charge in [-0.2, -0.15) is 0 Å². The molecule has 1 saturated carbocycles. The maximum atomic E-state index is 11.5. The van der Waals surface area contributed by atoms with Crippen LogP contribution in [0.5, 0.6) is 0 Å². The Morgan fingerprint density at radius 2 is 2.11 bits per heavy atom. The van der Waals surface area contributed by atoms with Crippen LogP contribution in [-0.2, 0) is 9.84 Å². The number of nitrogens with one attached hydrogen (secondary N) is 1. The zero-order valence-electron chi connectivity index (χ0n) is 11.0. The van der Waals surface area contributed by atoms with Crippen molar-refractivity contribution in [3.05, 3.63) is 24.3 Å². The van der Waals surface area contributed by atoms with Crippen molar-refractivity contribution in [2.24, 2.45) is 5.92 Å². The van der Waals surface area contributed by atoms with Gasteiger partial charge in [0.15, 0.2) is 9.84 Å². The largest absolute Gasteiger partial charge is 0.382 e. The summed E-state index contributed by atoms with van der Waals surface area (Å²) in [6.07, 6.45) is 6.16. The van der Waals surface area contributed by atoms with Crippen LogP contribution >= 0.6 is 0 Å². The average molecular weight is 267 g/mol. The Hall–Kier alpha value is -1.03. The molecule has 1 fully saturated rings. The normalized spacial score (nSPS) is 24.1. The molecular weight excluding hydrogens is 246 g/mol. The summed E-state index contributed by atoms with van der Waals surface area (Å²) in [5.41, 5.74) is 0.920. The molecule has 0 aliphatic heterocycles. The lowest BCUT2D eigenvalue weighted by atomic mass is 10.0. The molecule has 0 amide bonds.